The maximum absolute atomic E-state index is 12.9. The number of amides is 1. The molecule has 2 heterocycles. The van der Waals surface area contributed by atoms with Crippen molar-refractivity contribution in [2.24, 2.45) is 5.92 Å². The summed E-state index contributed by atoms with van der Waals surface area (Å²) in [5.41, 5.74) is 2.44. The molecular weight excluding hydrogens is 298 g/mol. The predicted octanol–water partition coefficient (Wildman–Crippen LogP) is 3.83. The Hall–Kier alpha value is -2.07. The maximum Gasteiger partial charge on any atom is 0.258 e. The molecule has 0 radical (unpaired) electrons. The Morgan fingerprint density at radius 2 is 2.14 bits per heavy atom. The van der Waals surface area contributed by atoms with Crippen molar-refractivity contribution in [1.82, 2.24) is 4.98 Å². The lowest BCUT2D eigenvalue weighted by atomic mass is 9.99. The molecule has 2 aromatic rings. The smallest absolute Gasteiger partial charge is 0.258 e. The van der Waals surface area contributed by atoms with Gasteiger partial charge in [-0.1, -0.05) is 37.6 Å². The van der Waals surface area contributed by atoms with E-state index in [2.05, 4.69) is 24.1 Å². The summed E-state index contributed by atoms with van der Waals surface area (Å²) in [5, 5.41) is 3.84. The molecule has 22 heavy (non-hydrogen) atoms. The van der Waals surface area contributed by atoms with Gasteiger partial charge in [0.1, 0.15) is 5.15 Å². The third-order valence-corrected chi connectivity index (χ3v) is 4.15. The summed E-state index contributed by atoms with van der Waals surface area (Å²) in [6.45, 7) is 4.93. The summed E-state index contributed by atoms with van der Waals surface area (Å²) in [5.74, 6) is 0.369. The van der Waals surface area contributed by atoms with Gasteiger partial charge >= 0.3 is 0 Å². The number of hydrogen-bond donors (Lipinski definition) is 1. The number of aromatic nitrogens is 1. The third kappa shape index (κ3) is 2.79. The van der Waals surface area contributed by atoms with Crippen molar-refractivity contribution >= 4 is 28.9 Å². The third-order valence-electron chi connectivity index (χ3n) is 3.94. The second-order valence-electron chi connectivity index (χ2n) is 5.79. The molecule has 114 valence electrons. The van der Waals surface area contributed by atoms with Crippen molar-refractivity contribution in [3.05, 3.63) is 53.3 Å². The van der Waals surface area contributed by atoms with E-state index in [0.29, 0.717) is 23.2 Å². The molecule has 4 nitrogen and oxygen atoms in total. The molecule has 1 amide bonds. The van der Waals surface area contributed by atoms with Gasteiger partial charge in [0.15, 0.2) is 0 Å². The molecule has 5 heteroatoms. The van der Waals surface area contributed by atoms with Gasteiger partial charge in [-0.25, -0.2) is 4.98 Å². The lowest BCUT2D eigenvalue weighted by molar-refractivity contribution is 0.0983. The lowest BCUT2D eigenvalue weighted by Gasteiger charge is -2.37. The summed E-state index contributed by atoms with van der Waals surface area (Å²) in [6.07, 6.45) is 1.56. The average Bonchev–Trinajstić information content (AvgIpc) is 2.53. The standard InChI is InChI=1S/C17H18ClN3O/c1-11(2)14-10-21(15-6-4-3-5-13(15)20-14)17(22)12-7-8-19-16(18)9-12/h3-9,11,14,20H,10H2,1-2H3. The second kappa shape index (κ2) is 5.97. The number of anilines is 2. The number of para-hydroxylation sites is 2. The SMILES string of the molecule is CC(C)C1CN(C(=O)c2ccnc(Cl)c2)c2ccccc2N1. The van der Waals surface area contributed by atoms with Gasteiger partial charge in [-0.15, -0.1) is 0 Å². The molecule has 1 N–H and O–H groups in total. The van der Waals surface area contributed by atoms with Crippen molar-refractivity contribution in [2.45, 2.75) is 19.9 Å². The first-order chi connectivity index (χ1) is 10.6. The Balaban J connectivity index is 1.99. The van der Waals surface area contributed by atoms with E-state index in [1.54, 1.807) is 18.3 Å². The summed E-state index contributed by atoms with van der Waals surface area (Å²) in [4.78, 5) is 18.7. The minimum absolute atomic E-state index is 0.0519. The van der Waals surface area contributed by atoms with Crippen molar-refractivity contribution in [1.29, 1.82) is 0 Å². The van der Waals surface area contributed by atoms with Crippen LogP contribution in [-0.2, 0) is 0 Å². The second-order valence-corrected chi connectivity index (χ2v) is 6.18. The Bertz CT molecular complexity index is 702. The van der Waals surface area contributed by atoms with Crippen LogP contribution >= 0.6 is 11.6 Å². The summed E-state index contributed by atoms with van der Waals surface area (Å²) in [6, 6.07) is 11.4. The Morgan fingerprint density at radius 1 is 1.36 bits per heavy atom. The number of carbonyl (C=O) groups is 1. The highest BCUT2D eigenvalue weighted by molar-refractivity contribution is 6.29. The fourth-order valence-corrected chi connectivity index (χ4v) is 2.81. The zero-order valence-corrected chi connectivity index (χ0v) is 13.3. The number of benzene rings is 1. The van der Waals surface area contributed by atoms with E-state index < -0.39 is 0 Å². The predicted molar refractivity (Wildman–Crippen MR) is 89.6 cm³/mol. The minimum Gasteiger partial charge on any atom is -0.379 e. The number of nitrogens with one attached hydrogen (secondary N) is 1. The van der Waals surface area contributed by atoms with Gasteiger partial charge < -0.3 is 10.2 Å². The molecule has 1 aromatic heterocycles. The van der Waals surface area contributed by atoms with Crippen LogP contribution in [-0.4, -0.2) is 23.5 Å². The number of rotatable bonds is 2. The zero-order valence-electron chi connectivity index (χ0n) is 12.6. The number of carbonyl (C=O) groups excluding carboxylic acids is 1. The first-order valence-corrected chi connectivity index (χ1v) is 7.73. The van der Waals surface area contributed by atoms with E-state index in [9.17, 15) is 4.79 Å². The van der Waals surface area contributed by atoms with Crippen LogP contribution < -0.4 is 10.2 Å². The Labute approximate surface area is 135 Å². The summed E-state index contributed by atoms with van der Waals surface area (Å²) in [7, 11) is 0. The van der Waals surface area contributed by atoms with Gasteiger partial charge in [-0.05, 0) is 30.2 Å². The number of pyridine rings is 1. The maximum atomic E-state index is 12.9. The van der Waals surface area contributed by atoms with E-state index in [1.165, 1.54) is 0 Å². The minimum atomic E-state index is -0.0519. The van der Waals surface area contributed by atoms with E-state index in [0.717, 1.165) is 11.4 Å². The topological polar surface area (TPSA) is 45.2 Å². The van der Waals surface area contributed by atoms with Gasteiger partial charge in [0.25, 0.3) is 5.91 Å². The Kier molecular flexibility index (Phi) is 4.03. The van der Waals surface area contributed by atoms with Crippen molar-refractivity contribution < 1.29 is 4.79 Å². The molecule has 0 aliphatic carbocycles. The van der Waals surface area contributed by atoms with Crippen LogP contribution in [0.3, 0.4) is 0 Å². The van der Waals surface area contributed by atoms with E-state index in [4.69, 9.17) is 11.6 Å². The first-order valence-electron chi connectivity index (χ1n) is 7.35. The van der Waals surface area contributed by atoms with Crippen molar-refractivity contribution in [3.8, 4) is 0 Å². The van der Waals surface area contributed by atoms with Gasteiger partial charge in [0.05, 0.1) is 11.4 Å². The fraction of sp³-hybridized carbons (Fsp3) is 0.294. The molecule has 0 saturated carbocycles. The summed E-state index contributed by atoms with van der Waals surface area (Å²) < 4.78 is 0. The highest BCUT2D eigenvalue weighted by atomic mass is 35.5. The van der Waals surface area contributed by atoms with Gasteiger partial charge in [-0.3, -0.25) is 4.79 Å². The van der Waals surface area contributed by atoms with Crippen LogP contribution in [0.2, 0.25) is 5.15 Å². The molecule has 1 aliphatic rings. The monoisotopic (exact) mass is 315 g/mol. The molecule has 0 spiro atoms. The number of halogens is 1. The molecule has 1 aliphatic heterocycles. The molecule has 1 aromatic carbocycles. The largest absolute Gasteiger partial charge is 0.379 e. The van der Waals surface area contributed by atoms with Crippen LogP contribution in [0.25, 0.3) is 0 Å². The van der Waals surface area contributed by atoms with Crippen LogP contribution in [0.1, 0.15) is 24.2 Å². The first kappa shape index (κ1) is 14.9. The molecule has 1 atom stereocenters. The van der Waals surface area contributed by atoms with Gasteiger partial charge in [0.2, 0.25) is 0 Å². The molecule has 0 bridgehead atoms. The van der Waals surface area contributed by atoms with Crippen molar-refractivity contribution in [2.75, 3.05) is 16.8 Å². The van der Waals surface area contributed by atoms with Gasteiger partial charge in [-0.2, -0.15) is 0 Å². The highest BCUT2D eigenvalue weighted by Gasteiger charge is 2.30. The van der Waals surface area contributed by atoms with Gasteiger partial charge in [0, 0.05) is 24.3 Å². The highest BCUT2D eigenvalue weighted by Crippen LogP contribution is 2.33. The van der Waals surface area contributed by atoms with Crippen molar-refractivity contribution in [3.63, 3.8) is 0 Å². The Morgan fingerprint density at radius 3 is 2.86 bits per heavy atom. The zero-order chi connectivity index (χ0) is 15.7. The lowest BCUT2D eigenvalue weighted by Crippen LogP contribution is -2.47. The molecule has 0 fully saturated rings. The summed E-state index contributed by atoms with van der Waals surface area (Å²) >= 11 is 5.91. The molecule has 0 saturated heterocycles. The average molecular weight is 316 g/mol. The fourth-order valence-electron chi connectivity index (χ4n) is 2.63. The van der Waals surface area contributed by atoms with Crippen LogP contribution in [0.15, 0.2) is 42.6 Å². The molecule has 1 unspecified atom stereocenters. The van der Waals surface area contributed by atoms with Crippen LogP contribution in [0, 0.1) is 5.92 Å². The van der Waals surface area contributed by atoms with E-state index in [-0.39, 0.29) is 11.9 Å². The van der Waals surface area contributed by atoms with Crippen LogP contribution in [0.5, 0.6) is 0 Å². The quantitative estimate of drug-likeness (QED) is 0.857. The molecular formula is C17H18ClN3O. The number of hydrogen-bond acceptors (Lipinski definition) is 3. The normalized spacial score (nSPS) is 17.1. The molecule has 3 rings (SSSR count). The number of nitrogens with zero attached hydrogens (tertiary/aromatic N) is 2. The van der Waals surface area contributed by atoms with E-state index >= 15 is 0 Å². The van der Waals surface area contributed by atoms with E-state index in [1.807, 2.05) is 29.2 Å². The van der Waals surface area contributed by atoms with Crippen LogP contribution in [0.4, 0.5) is 11.4 Å². The number of fused-ring (bicyclic) bond motifs is 1.